The van der Waals surface area contributed by atoms with Crippen molar-refractivity contribution in [2.24, 2.45) is 0 Å². The van der Waals surface area contributed by atoms with Gasteiger partial charge in [-0.2, -0.15) is 0 Å². The predicted molar refractivity (Wildman–Crippen MR) is 43.6 cm³/mol. The molecule has 1 unspecified atom stereocenters. The summed E-state index contributed by atoms with van der Waals surface area (Å²) in [6.07, 6.45) is 2.84. The van der Waals surface area contributed by atoms with Gasteiger partial charge in [0.05, 0.1) is 18.5 Å². The first kappa shape index (κ1) is 9.60. The van der Waals surface area contributed by atoms with Crippen LogP contribution in [0.2, 0.25) is 0 Å². The topological polar surface area (TPSA) is 72.3 Å². The molecule has 0 fully saturated rings. The summed E-state index contributed by atoms with van der Waals surface area (Å²) in [5, 5.41) is 9.34. The van der Waals surface area contributed by atoms with Crippen LogP contribution in [0.15, 0.2) is 18.6 Å². The number of esters is 1. The summed E-state index contributed by atoms with van der Waals surface area (Å²) < 4.78 is 4.60. The standard InChI is InChI=1S/C8H10N2O3/c1-2-13-8(12)7(11)6-5-9-3-4-10-6/h3-5,7,11H,2H2,1H3. The van der Waals surface area contributed by atoms with Crippen molar-refractivity contribution in [1.82, 2.24) is 9.97 Å². The molecule has 5 heteroatoms. The Morgan fingerprint density at radius 1 is 1.69 bits per heavy atom. The molecule has 0 aliphatic heterocycles. The Kier molecular flexibility index (Phi) is 3.33. The summed E-state index contributed by atoms with van der Waals surface area (Å²) in [4.78, 5) is 18.5. The van der Waals surface area contributed by atoms with E-state index in [0.29, 0.717) is 0 Å². The van der Waals surface area contributed by atoms with Gasteiger partial charge in [-0.15, -0.1) is 0 Å². The van der Waals surface area contributed by atoms with Crippen molar-refractivity contribution in [2.45, 2.75) is 13.0 Å². The lowest BCUT2D eigenvalue weighted by Gasteiger charge is -2.07. The molecule has 13 heavy (non-hydrogen) atoms. The van der Waals surface area contributed by atoms with Gasteiger partial charge in [-0.1, -0.05) is 0 Å². The minimum atomic E-state index is -1.34. The van der Waals surface area contributed by atoms with Gasteiger partial charge in [0.1, 0.15) is 0 Å². The number of carbonyl (C=O) groups is 1. The van der Waals surface area contributed by atoms with E-state index in [1.165, 1.54) is 18.6 Å². The van der Waals surface area contributed by atoms with Crippen LogP contribution in [0.1, 0.15) is 18.7 Å². The molecule has 0 aliphatic rings. The smallest absolute Gasteiger partial charge is 0.341 e. The second kappa shape index (κ2) is 4.51. The van der Waals surface area contributed by atoms with Crippen LogP contribution in [0, 0.1) is 0 Å². The van der Waals surface area contributed by atoms with Gasteiger partial charge in [0, 0.05) is 12.4 Å². The van der Waals surface area contributed by atoms with Crippen molar-refractivity contribution >= 4 is 5.97 Å². The molecule has 1 heterocycles. The van der Waals surface area contributed by atoms with Crippen LogP contribution in [0.5, 0.6) is 0 Å². The zero-order valence-electron chi connectivity index (χ0n) is 7.17. The molecule has 0 amide bonds. The third-order valence-electron chi connectivity index (χ3n) is 1.37. The summed E-state index contributed by atoms with van der Waals surface area (Å²) in [6.45, 7) is 1.90. The first-order valence-corrected chi connectivity index (χ1v) is 3.86. The SMILES string of the molecule is CCOC(=O)C(O)c1cnccn1. The summed E-state index contributed by atoms with van der Waals surface area (Å²) in [7, 11) is 0. The van der Waals surface area contributed by atoms with Crippen LogP contribution in [0.4, 0.5) is 0 Å². The highest BCUT2D eigenvalue weighted by molar-refractivity contribution is 5.75. The van der Waals surface area contributed by atoms with E-state index >= 15 is 0 Å². The molecule has 0 saturated heterocycles. The first-order valence-electron chi connectivity index (χ1n) is 3.86. The Morgan fingerprint density at radius 3 is 3.00 bits per heavy atom. The molecular formula is C8H10N2O3. The normalized spacial score (nSPS) is 12.2. The van der Waals surface area contributed by atoms with E-state index in [-0.39, 0.29) is 12.3 Å². The number of aliphatic hydroxyl groups excluding tert-OH is 1. The molecule has 0 aliphatic carbocycles. The summed E-state index contributed by atoms with van der Waals surface area (Å²) in [6, 6.07) is 0. The Labute approximate surface area is 75.4 Å². The maximum absolute atomic E-state index is 11.0. The first-order chi connectivity index (χ1) is 6.25. The van der Waals surface area contributed by atoms with E-state index in [1.54, 1.807) is 6.92 Å². The quantitative estimate of drug-likeness (QED) is 0.670. The highest BCUT2D eigenvalue weighted by Gasteiger charge is 2.19. The van der Waals surface area contributed by atoms with Crippen LogP contribution < -0.4 is 0 Å². The van der Waals surface area contributed by atoms with Gasteiger partial charge in [-0.3, -0.25) is 9.97 Å². The van der Waals surface area contributed by atoms with E-state index in [9.17, 15) is 9.90 Å². The summed E-state index contributed by atoms with van der Waals surface area (Å²) >= 11 is 0. The Balaban J connectivity index is 2.68. The zero-order valence-corrected chi connectivity index (χ0v) is 7.17. The molecule has 1 aromatic rings. The number of hydrogen-bond donors (Lipinski definition) is 1. The average Bonchev–Trinajstić information content (AvgIpc) is 2.18. The highest BCUT2D eigenvalue weighted by atomic mass is 16.5. The monoisotopic (exact) mass is 182 g/mol. The largest absolute Gasteiger partial charge is 0.464 e. The lowest BCUT2D eigenvalue weighted by atomic mass is 10.3. The van der Waals surface area contributed by atoms with Gasteiger partial charge < -0.3 is 9.84 Å². The van der Waals surface area contributed by atoms with Crippen molar-refractivity contribution in [2.75, 3.05) is 6.61 Å². The number of ether oxygens (including phenoxy) is 1. The third kappa shape index (κ3) is 2.48. The van der Waals surface area contributed by atoms with Gasteiger partial charge in [-0.25, -0.2) is 4.79 Å². The average molecular weight is 182 g/mol. The number of aromatic nitrogens is 2. The van der Waals surface area contributed by atoms with Crippen molar-refractivity contribution < 1.29 is 14.6 Å². The number of aliphatic hydroxyl groups is 1. The molecule has 70 valence electrons. The Morgan fingerprint density at radius 2 is 2.46 bits per heavy atom. The van der Waals surface area contributed by atoms with Crippen molar-refractivity contribution in [3.63, 3.8) is 0 Å². The molecule has 1 aromatic heterocycles. The Bertz CT molecular complexity index is 276. The molecule has 0 saturated carbocycles. The fraction of sp³-hybridized carbons (Fsp3) is 0.375. The van der Waals surface area contributed by atoms with E-state index in [1.807, 2.05) is 0 Å². The molecule has 1 N–H and O–H groups in total. The van der Waals surface area contributed by atoms with Gasteiger partial charge in [0.15, 0.2) is 6.10 Å². The molecule has 0 radical (unpaired) electrons. The van der Waals surface area contributed by atoms with Gasteiger partial charge in [-0.05, 0) is 6.92 Å². The lowest BCUT2D eigenvalue weighted by molar-refractivity contribution is -0.153. The van der Waals surface area contributed by atoms with Crippen molar-refractivity contribution in [3.8, 4) is 0 Å². The van der Waals surface area contributed by atoms with Gasteiger partial charge in [0.2, 0.25) is 0 Å². The molecule has 0 spiro atoms. The fourth-order valence-electron chi connectivity index (χ4n) is 0.794. The van der Waals surface area contributed by atoms with Crippen molar-refractivity contribution in [3.05, 3.63) is 24.3 Å². The maximum atomic E-state index is 11.0. The molecule has 1 atom stereocenters. The van der Waals surface area contributed by atoms with Crippen LogP contribution in [-0.4, -0.2) is 27.7 Å². The summed E-state index contributed by atoms with van der Waals surface area (Å²) in [5.41, 5.74) is 0.195. The van der Waals surface area contributed by atoms with Crippen LogP contribution in [-0.2, 0) is 9.53 Å². The maximum Gasteiger partial charge on any atom is 0.341 e. The molecule has 0 bridgehead atoms. The third-order valence-corrected chi connectivity index (χ3v) is 1.37. The second-order valence-corrected chi connectivity index (χ2v) is 2.28. The minimum absolute atomic E-state index is 0.195. The number of rotatable bonds is 3. The van der Waals surface area contributed by atoms with Crippen LogP contribution in [0.3, 0.4) is 0 Å². The second-order valence-electron chi connectivity index (χ2n) is 2.28. The van der Waals surface area contributed by atoms with E-state index in [4.69, 9.17) is 0 Å². The highest BCUT2D eigenvalue weighted by Crippen LogP contribution is 2.08. The fourth-order valence-corrected chi connectivity index (χ4v) is 0.794. The van der Waals surface area contributed by atoms with Gasteiger partial charge >= 0.3 is 5.97 Å². The molecule has 1 rings (SSSR count). The predicted octanol–water partition coefficient (Wildman–Crippen LogP) is 0.0731. The van der Waals surface area contributed by atoms with Crippen LogP contribution in [0.25, 0.3) is 0 Å². The minimum Gasteiger partial charge on any atom is -0.464 e. The molecular weight excluding hydrogens is 172 g/mol. The molecule has 0 aromatic carbocycles. The van der Waals surface area contributed by atoms with Gasteiger partial charge in [0.25, 0.3) is 0 Å². The van der Waals surface area contributed by atoms with Crippen molar-refractivity contribution in [1.29, 1.82) is 0 Å². The van der Waals surface area contributed by atoms with E-state index < -0.39 is 12.1 Å². The Hall–Kier alpha value is -1.49. The van der Waals surface area contributed by atoms with Crippen LogP contribution >= 0.6 is 0 Å². The number of nitrogens with zero attached hydrogens (tertiary/aromatic N) is 2. The van der Waals surface area contributed by atoms with E-state index in [2.05, 4.69) is 14.7 Å². The molecule has 5 nitrogen and oxygen atoms in total. The van der Waals surface area contributed by atoms with E-state index in [0.717, 1.165) is 0 Å². The zero-order chi connectivity index (χ0) is 9.68. The number of carbonyl (C=O) groups excluding carboxylic acids is 1. The summed E-state index contributed by atoms with van der Waals surface area (Å²) in [5.74, 6) is -0.706. The number of hydrogen-bond acceptors (Lipinski definition) is 5. The lowest BCUT2D eigenvalue weighted by Crippen LogP contribution is -2.16.